The van der Waals surface area contributed by atoms with Crippen LogP contribution in [0.1, 0.15) is 19.4 Å². The quantitative estimate of drug-likeness (QED) is 0.264. The Morgan fingerprint density at radius 2 is 1.77 bits per heavy atom. The van der Waals surface area contributed by atoms with Gasteiger partial charge in [-0.2, -0.15) is 0 Å². The molecule has 1 N–H and O–H groups in total. The van der Waals surface area contributed by atoms with E-state index < -0.39 is 0 Å². The van der Waals surface area contributed by atoms with Gasteiger partial charge < -0.3 is 23.9 Å². The molecule has 0 spiro atoms. The number of ether oxygens (including phenoxy) is 3. The SMILES string of the molecule is CCOc1ccc(-c2coc3cc(OC)c(/C(C)=C/C(=O)Nc4cc(Cl)ccc4OC)cc23)cc1. The van der Waals surface area contributed by atoms with Crippen LogP contribution in [0, 0.1) is 0 Å². The van der Waals surface area contributed by atoms with E-state index in [9.17, 15) is 4.79 Å². The van der Waals surface area contributed by atoms with Gasteiger partial charge in [-0.3, -0.25) is 4.79 Å². The maximum atomic E-state index is 12.8. The third kappa shape index (κ3) is 5.28. The highest BCUT2D eigenvalue weighted by atomic mass is 35.5. The second-order valence-corrected chi connectivity index (χ2v) is 8.25. The highest BCUT2D eigenvalue weighted by Crippen LogP contribution is 2.38. The third-order valence-electron chi connectivity index (χ3n) is 5.56. The van der Waals surface area contributed by atoms with Crippen molar-refractivity contribution in [3.8, 4) is 28.4 Å². The fourth-order valence-electron chi connectivity index (χ4n) is 3.87. The van der Waals surface area contributed by atoms with E-state index in [0.717, 1.165) is 33.4 Å². The number of allylic oxidation sites excluding steroid dienone is 1. The molecule has 0 saturated heterocycles. The Labute approximate surface area is 209 Å². The molecule has 0 saturated carbocycles. The standard InChI is InChI=1S/C28H26ClNO5/c1-5-34-20-9-6-18(7-10-20)23-16-35-27-15-26(33-4)21(14-22(23)27)17(2)12-28(31)30-24-13-19(29)8-11-25(24)32-3/h6-16H,5H2,1-4H3,(H,30,31)/b17-12+. The number of amides is 1. The van der Waals surface area contributed by atoms with Crippen molar-refractivity contribution in [2.24, 2.45) is 0 Å². The van der Waals surface area contributed by atoms with Gasteiger partial charge in [0.2, 0.25) is 5.91 Å². The van der Waals surface area contributed by atoms with Crippen LogP contribution in [0.3, 0.4) is 0 Å². The van der Waals surface area contributed by atoms with E-state index >= 15 is 0 Å². The van der Waals surface area contributed by atoms with Crippen molar-refractivity contribution >= 4 is 39.7 Å². The van der Waals surface area contributed by atoms with Gasteiger partial charge in [0.25, 0.3) is 0 Å². The van der Waals surface area contributed by atoms with Crippen LogP contribution in [0.25, 0.3) is 27.7 Å². The molecule has 1 heterocycles. The second-order valence-electron chi connectivity index (χ2n) is 7.82. The number of rotatable bonds is 8. The van der Waals surface area contributed by atoms with E-state index in [1.54, 1.807) is 31.6 Å². The zero-order chi connectivity index (χ0) is 24.9. The van der Waals surface area contributed by atoms with Crippen LogP contribution in [0.4, 0.5) is 5.69 Å². The predicted octanol–water partition coefficient (Wildman–Crippen LogP) is 7.21. The highest BCUT2D eigenvalue weighted by molar-refractivity contribution is 6.31. The summed E-state index contributed by atoms with van der Waals surface area (Å²) in [6.07, 6.45) is 3.24. The van der Waals surface area contributed by atoms with E-state index in [-0.39, 0.29) is 5.91 Å². The largest absolute Gasteiger partial charge is 0.496 e. The van der Waals surface area contributed by atoms with Crippen molar-refractivity contribution < 1.29 is 23.4 Å². The first-order valence-electron chi connectivity index (χ1n) is 11.1. The molecule has 7 heteroatoms. The Morgan fingerprint density at radius 3 is 2.46 bits per heavy atom. The molecule has 0 atom stereocenters. The van der Waals surface area contributed by atoms with Crippen LogP contribution in [-0.4, -0.2) is 26.7 Å². The molecular formula is C28H26ClNO5. The second kappa shape index (κ2) is 10.6. The fraction of sp³-hybridized carbons (Fsp3) is 0.179. The summed E-state index contributed by atoms with van der Waals surface area (Å²) in [5.74, 6) is 1.62. The molecule has 3 aromatic carbocycles. The first-order valence-corrected chi connectivity index (χ1v) is 11.5. The molecular weight excluding hydrogens is 466 g/mol. The topological polar surface area (TPSA) is 69.9 Å². The average Bonchev–Trinajstić information content (AvgIpc) is 3.27. The van der Waals surface area contributed by atoms with Gasteiger partial charge in [-0.15, -0.1) is 0 Å². The van der Waals surface area contributed by atoms with Gasteiger partial charge in [0.1, 0.15) is 22.8 Å². The number of halogens is 1. The maximum Gasteiger partial charge on any atom is 0.248 e. The summed E-state index contributed by atoms with van der Waals surface area (Å²) in [6, 6.07) is 16.7. The molecule has 0 aliphatic carbocycles. The van der Waals surface area contributed by atoms with Crippen molar-refractivity contribution in [2.75, 3.05) is 26.1 Å². The maximum absolute atomic E-state index is 12.8. The van der Waals surface area contributed by atoms with Crippen LogP contribution >= 0.6 is 11.6 Å². The van der Waals surface area contributed by atoms with Crippen LogP contribution in [0.2, 0.25) is 5.02 Å². The summed E-state index contributed by atoms with van der Waals surface area (Å²) < 4.78 is 22.3. The Balaban J connectivity index is 1.68. The van der Waals surface area contributed by atoms with Crippen molar-refractivity contribution in [1.82, 2.24) is 0 Å². The Kier molecular flexibility index (Phi) is 7.32. The van der Waals surface area contributed by atoms with E-state index in [1.807, 2.05) is 50.2 Å². The number of nitrogens with one attached hydrogen (secondary N) is 1. The first-order chi connectivity index (χ1) is 16.9. The Bertz CT molecular complexity index is 1390. The molecule has 0 fully saturated rings. The number of benzene rings is 3. The number of hydrogen-bond donors (Lipinski definition) is 1. The minimum absolute atomic E-state index is 0.316. The van der Waals surface area contributed by atoms with Crippen molar-refractivity contribution in [3.05, 3.63) is 77.5 Å². The summed E-state index contributed by atoms with van der Waals surface area (Å²) >= 11 is 6.08. The number of carbonyl (C=O) groups excluding carboxylic acids is 1. The molecule has 0 aliphatic heterocycles. The summed E-state index contributed by atoms with van der Waals surface area (Å²) in [6.45, 7) is 4.42. The highest BCUT2D eigenvalue weighted by Gasteiger charge is 2.15. The van der Waals surface area contributed by atoms with Gasteiger partial charge in [0, 0.05) is 33.7 Å². The number of hydrogen-bond acceptors (Lipinski definition) is 5. The average molecular weight is 492 g/mol. The van der Waals surface area contributed by atoms with Crippen molar-refractivity contribution in [1.29, 1.82) is 0 Å². The van der Waals surface area contributed by atoms with Gasteiger partial charge >= 0.3 is 0 Å². The number of methoxy groups -OCH3 is 2. The molecule has 1 amide bonds. The zero-order valence-corrected chi connectivity index (χ0v) is 20.7. The van der Waals surface area contributed by atoms with Crippen LogP contribution in [0.15, 0.2) is 71.4 Å². The minimum atomic E-state index is -0.316. The van der Waals surface area contributed by atoms with Gasteiger partial charge in [-0.1, -0.05) is 23.7 Å². The smallest absolute Gasteiger partial charge is 0.248 e. The molecule has 4 aromatic rings. The van der Waals surface area contributed by atoms with Crippen LogP contribution < -0.4 is 19.5 Å². The lowest BCUT2D eigenvalue weighted by Gasteiger charge is -2.12. The fourth-order valence-corrected chi connectivity index (χ4v) is 4.05. The molecule has 0 unspecified atom stereocenters. The number of anilines is 1. The van der Waals surface area contributed by atoms with Crippen molar-refractivity contribution in [2.45, 2.75) is 13.8 Å². The number of fused-ring (bicyclic) bond motifs is 1. The molecule has 35 heavy (non-hydrogen) atoms. The lowest BCUT2D eigenvalue weighted by atomic mass is 9.99. The zero-order valence-electron chi connectivity index (χ0n) is 20.0. The van der Waals surface area contributed by atoms with Gasteiger partial charge in [0.15, 0.2) is 0 Å². The molecule has 4 rings (SSSR count). The summed E-state index contributed by atoms with van der Waals surface area (Å²) in [5, 5.41) is 4.24. The summed E-state index contributed by atoms with van der Waals surface area (Å²) in [4.78, 5) is 12.8. The third-order valence-corrected chi connectivity index (χ3v) is 5.80. The van der Waals surface area contributed by atoms with Gasteiger partial charge in [-0.25, -0.2) is 0 Å². The van der Waals surface area contributed by atoms with E-state index in [0.29, 0.717) is 34.4 Å². The Hall–Kier alpha value is -3.90. The molecule has 1 aromatic heterocycles. The van der Waals surface area contributed by atoms with Crippen LogP contribution in [-0.2, 0) is 4.79 Å². The summed E-state index contributed by atoms with van der Waals surface area (Å²) in [5.41, 5.74) is 4.62. The van der Waals surface area contributed by atoms with E-state index in [1.165, 1.54) is 13.2 Å². The predicted molar refractivity (Wildman–Crippen MR) is 140 cm³/mol. The lowest BCUT2D eigenvalue weighted by Crippen LogP contribution is -2.09. The molecule has 0 bridgehead atoms. The number of carbonyl (C=O) groups is 1. The molecule has 6 nitrogen and oxygen atoms in total. The normalized spacial score (nSPS) is 11.4. The van der Waals surface area contributed by atoms with E-state index in [2.05, 4.69) is 5.32 Å². The monoisotopic (exact) mass is 491 g/mol. The minimum Gasteiger partial charge on any atom is -0.496 e. The van der Waals surface area contributed by atoms with Crippen LogP contribution in [0.5, 0.6) is 17.2 Å². The first kappa shape index (κ1) is 24.2. The van der Waals surface area contributed by atoms with Gasteiger partial charge in [0.05, 0.1) is 32.8 Å². The molecule has 180 valence electrons. The summed E-state index contributed by atoms with van der Waals surface area (Å²) in [7, 11) is 3.12. The number of furan rings is 1. The molecule has 0 aliphatic rings. The van der Waals surface area contributed by atoms with Gasteiger partial charge in [-0.05, 0) is 61.4 Å². The van der Waals surface area contributed by atoms with E-state index in [4.69, 9.17) is 30.2 Å². The molecule has 0 radical (unpaired) electrons. The van der Waals surface area contributed by atoms with Crippen molar-refractivity contribution in [3.63, 3.8) is 0 Å². The lowest BCUT2D eigenvalue weighted by molar-refractivity contribution is -0.111. The Morgan fingerprint density at radius 1 is 1.03 bits per heavy atom.